The van der Waals surface area contributed by atoms with Crippen LogP contribution in [0.2, 0.25) is 0 Å². The molecule has 1 atom stereocenters. The van der Waals surface area contributed by atoms with Gasteiger partial charge in [0.05, 0.1) is 12.6 Å². The summed E-state index contributed by atoms with van der Waals surface area (Å²) in [7, 11) is -2.27. The van der Waals surface area contributed by atoms with E-state index in [1.165, 1.54) is 11.4 Å². The van der Waals surface area contributed by atoms with Gasteiger partial charge >= 0.3 is 0 Å². The third-order valence-electron chi connectivity index (χ3n) is 6.30. The minimum absolute atomic E-state index is 0.123. The Morgan fingerprint density at radius 2 is 1.90 bits per heavy atom. The summed E-state index contributed by atoms with van der Waals surface area (Å²) in [6.07, 6.45) is 2.05. The second-order valence-electron chi connectivity index (χ2n) is 8.55. The molecule has 1 N–H and O–H groups in total. The predicted molar refractivity (Wildman–Crippen MR) is 115 cm³/mol. The van der Waals surface area contributed by atoms with Crippen LogP contribution in [0.1, 0.15) is 54.1 Å². The van der Waals surface area contributed by atoms with E-state index in [1.807, 2.05) is 44.2 Å². The Morgan fingerprint density at radius 3 is 2.63 bits per heavy atom. The molecule has 1 saturated heterocycles. The van der Waals surface area contributed by atoms with Crippen LogP contribution in [0.4, 0.5) is 0 Å². The molecule has 1 fully saturated rings. The van der Waals surface area contributed by atoms with Gasteiger partial charge in [0.1, 0.15) is 10.6 Å². The third-order valence-corrected chi connectivity index (χ3v) is 8.17. The molecule has 4 rings (SSSR count). The first kappa shape index (κ1) is 20.9. The molecule has 7 heteroatoms. The minimum Gasteiger partial charge on any atom is -0.495 e. The molecule has 2 aliphatic rings. The van der Waals surface area contributed by atoms with Gasteiger partial charge in [0.25, 0.3) is 5.91 Å². The number of fused-ring (bicyclic) bond motifs is 1. The average molecular weight is 429 g/mol. The van der Waals surface area contributed by atoms with E-state index in [1.54, 1.807) is 12.1 Å². The lowest BCUT2D eigenvalue weighted by Gasteiger charge is -2.29. The van der Waals surface area contributed by atoms with Crippen molar-refractivity contribution >= 4 is 15.9 Å². The first-order chi connectivity index (χ1) is 14.3. The normalized spacial score (nSPS) is 22.1. The van der Waals surface area contributed by atoms with Crippen LogP contribution in [0, 0.1) is 0 Å². The average Bonchev–Trinajstić information content (AvgIpc) is 3.10. The van der Waals surface area contributed by atoms with E-state index in [-0.39, 0.29) is 23.3 Å². The van der Waals surface area contributed by atoms with Crippen molar-refractivity contribution in [1.29, 1.82) is 0 Å². The fourth-order valence-corrected chi connectivity index (χ4v) is 6.16. The van der Waals surface area contributed by atoms with Crippen molar-refractivity contribution in [3.63, 3.8) is 0 Å². The molecule has 6 nitrogen and oxygen atoms in total. The molecule has 2 aromatic carbocycles. The molecule has 0 aliphatic carbocycles. The molecule has 1 amide bonds. The summed E-state index contributed by atoms with van der Waals surface area (Å²) in [5.41, 5.74) is 2.09. The zero-order valence-corrected chi connectivity index (χ0v) is 18.5. The van der Waals surface area contributed by atoms with Crippen molar-refractivity contribution in [1.82, 2.24) is 9.62 Å². The molecule has 2 heterocycles. The van der Waals surface area contributed by atoms with E-state index in [9.17, 15) is 13.2 Å². The van der Waals surface area contributed by atoms with Gasteiger partial charge in [0.2, 0.25) is 10.0 Å². The quantitative estimate of drug-likeness (QED) is 0.811. The Bertz CT molecular complexity index is 1080. The lowest BCUT2D eigenvalue weighted by atomic mass is 9.92. The molecule has 0 bridgehead atoms. The molecule has 2 aliphatic heterocycles. The number of sulfonamides is 1. The van der Waals surface area contributed by atoms with Crippen LogP contribution in [0.5, 0.6) is 5.75 Å². The number of carbonyl (C=O) groups is 1. The smallest absolute Gasteiger partial charge is 0.252 e. The van der Waals surface area contributed by atoms with E-state index < -0.39 is 15.6 Å². The highest BCUT2D eigenvalue weighted by molar-refractivity contribution is 7.89. The summed E-state index contributed by atoms with van der Waals surface area (Å²) in [4.78, 5) is 13.0. The standard InChI is InChI=1S/C23H28N2O4S/c1-16(2)18-8-9-20(29-3)21(14-18)30(27,28)25-13-12-23(15-25)11-10-17-6-4-5-7-19(17)22(26)24-23/h4-9,14,16H,10-13,15H2,1-3H3,(H,24,26). The van der Waals surface area contributed by atoms with Crippen LogP contribution in [0.15, 0.2) is 47.4 Å². The molecular formula is C23H28N2O4S. The monoisotopic (exact) mass is 428 g/mol. The fraction of sp³-hybridized carbons (Fsp3) is 0.435. The molecule has 1 spiro atoms. The van der Waals surface area contributed by atoms with Crippen molar-refractivity contribution in [3.05, 3.63) is 59.2 Å². The Hall–Kier alpha value is -2.38. The third kappa shape index (κ3) is 3.61. The van der Waals surface area contributed by atoms with E-state index in [4.69, 9.17) is 4.74 Å². The van der Waals surface area contributed by atoms with Crippen LogP contribution >= 0.6 is 0 Å². The molecule has 1 unspecified atom stereocenters. The Balaban J connectivity index is 1.63. The van der Waals surface area contributed by atoms with Gasteiger partial charge < -0.3 is 10.1 Å². The van der Waals surface area contributed by atoms with Gasteiger partial charge in [-0.05, 0) is 54.5 Å². The number of ether oxygens (including phenoxy) is 1. The number of hydrogen-bond donors (Lipinski definition) is 1. The summed E-state index contributed by atoms with van der Waals surface area (Å²) in [6.45, 7) is 4.70. The van der Waals surface area contributed by atoms with E-state index >= 15 is 0 Å². The largest absolute Gasteiger partial charge is 0.495 e. The lowest BCUT2D eigenvalue weighted by Crippen LogP contribution is -2.50. The number of nitrogens with one attached hydrogen (secondary N) is 1. The Morgan fingerprint density at radius 1 is 1.13 bits per heavy atom. The van der Waals surface area contributed by atoms with Crippen LogP contribution in [0.3, 0.4) is 0 Å². The second-order valence-corrected chi connectivity index (χ2v) is 10.5. The maximum Gasteiger partial charge on any atom is 0.252 e. The zero-order valence-electron chi connectivity index (χ0n) is 17.6. The van der Waals surface area contributed by atoms with Gasteiger partial charge in [-0.25, -0.2) is 8.42 Å². The molecule has 0 radical (unpaired) electrons. The van der Waals surface area contributed by atoms with Crippen LogP contribution in [0.25, 0.3) is 0 Å². The van der Waals surface area contributed by atoms with Gasteiger partial charge in [-0.3, -0.25) is 4.79 Å². The zero-order chi connectivity index (χ0) is 21.5. The molecule has 0 aromatic heterocycles. The topological polar surface area (TPSA) is 75.7 Å². The second kappa shape index (κ2) is 7.71. The minimum atomic E-state index is -3.75. The molecule has 0 saturated carbocycles. The predicted octanol–water partition coefficient (Wildman–Crippen LogP) is 3.33. The Kier molecular flexibility index (Phi) is 5.36. The number of rotatable bonds is 4. The van der Waals surface area contributed by atoms with Gasteiger partial charge in [-0.15, -0.1) is 0 Å². The summed E-state index contributed by atoms with van der Waals surface area (Å²) in [5, 5.41) is 3.15. The van der Waals surface area contributed by atoms with Gasteiger partial charge in [-0.1, -0.05) is 38.1 Å². The molecule has 2 aromatic rings. The highest BCUT2D eigenvalue weighted by Gasteiger charge is 2.45. The fourth-order valence-electron chi connectivity index (χ4n) is 4.44. The Labute approximate surface area is 178 Å². The molecule has 30 heavy (non-hydrogen) atoms. The summed E-state index contributed by atoms with van der Waals surface area (Å²) < 4.78 is 33.9. The lowest BCUT2D eigenvalue weighted by molar-refractivity contribution is 0.0906. The van der Waals surface area contributed by atoms with E-state index in [0.717, 1.165) is 17.5 Å². The van der Waals surface area contributed by atoms with Crippen LogP contribution in [-0.2, 0) is 16.4 Å². The molecule has 160 valence electrons. The van der Waals surface area contributed by atoms with Crippen LogP contribution < -0.4 is 10.1 Å². The number of methoxy groups -OCH3 is 1. The summed E-state index contributed by atoms with van der Waals surface area (Å²) in [6, 6.07) is 12.9. The summed E-state index contributed by atoms with van der Waals surface area (Å²) in [5.74, 6) is 0.425. The van der Waals surface area contributed by atoms with Crippen LogP contribution in [-0.4, -0.2) is 44.4 Å². The van der Waals surface area contributed by atoms with Gasteiger partial charge in [0.15, 0.2) is 0 Å². The van der Waals surface area contributed by atoms with Crippen molar-refractivity contribution in [2.75, 3.05) is 20.2 Å². The first-order valence-electron chi connectivity index (χ1n) is 10.3. The van der Waals surface area contributed by atoms with E-state index in [2.05, 4.69) is 5.32 Å². The SMILES string of the molecule is COc1ccc(C(C)C)cc1S(=O)(=O)N1CCC2(CCc3ccccc3C(=O)N2)C1. The highest BCUT2D eigenvalue weighted by Crippen LogP contribution is 2.36. The summed E-state index contributed by atoms with van der Waals surface area (Å²) >= 11 is 0. The van der Waals surface area contributed by atoms with Gasteiger partial charge in [-0.2, -0.15) is 4.31 Å². The first-order valence-corrected chi connectivity index (χ1v) is 11.8. The van der Waals surface area contributed by atoms with Crippen molar-refractivity contribution in [2.45, 2.75) is 49.5 Å². The van der Waals surface area contributed by atoms with Crippen molar-refractivity contribution < 1.29 is 17.9 Å². The highest BCUT2D eigenvalue weighted by atomic mass is 32.2. The van der Waals surface area contributed by atoms with E-state index in [0.29, 0.717) is 30.7 Å². The van der Waals surface area contributed by atoms with Crippen molar-refractivity contribution in [3.8, 4) is 5.75 Å². The number of benzene rings is 2. The number of amides is 1. The molecular weight excluding hydrogens is 400 g/mol. The maximum atomic E-state index is 13.5. The number of aryl methyl sites for hydroxylation is 1. The maximum absolute atomic E-state index is 13.5. The van der Waals surface area contributed by atoms with Gasteiger partial charge in [0, 0.05) is 18.7 Å². The number of nitrogens with zero attached hydrogens (tertiary/aromatic N) is 1. The number of carbonyl (C=O) groups excluding carboxylic acids is 1. The van der Waals surface area contributed by atoms with Crippen molar-refractivity contribution in [2.24, 2.45) is 0 Å². The number of hydrogen-bond acceptors (Lipinski definition) is 4.